The minimum absolute atomic E-state index is 0.0984. The van der Waals surface area contributed by atoms with E-state index < -0.39 is 0 Å². The molecule has 0 saturated carbocycles. The van der Waals surface area contributed by atoms with Crippen molar-refractivity contribution >= 4 is 5.78 Å². The lowest BCUT2D eigenvalue weighted by Gasteiger charge is -2.36. The van der Waals surface area contributed by atoms with Crippen LogP contribution in [0.3, 0.4) is 0 Å². The molecule has 74 valence electrons. The van der Waals surface area contributed by atoms with Crippen molar-refractivity contribution in [2.24, 2.45) is 5.92 Å². The zero-order chi connectivity index (χ0) is 9.59. The maximum Gasteiger partial charge on any atom is 0.141 e. The Kier molecular flexibility index (Phi) is 2.16. The Morgan fingerprint density at radius 1 is 1.46 bits per heavy atom. The molecule has 5 atom stereocenters. The van der Waals surface area contributed by atoms with Gasteiger partial charge >= 0.3 is 0 Å². The summed E-state index contributed by atoms with van der Waals surface area (Å²) < 4.78 is 0. The van der Waals surface area contributed by atoms with Crippen LogP contribution in [0.5, 0.6) is 0 Å². The van der Waals surface area contributed by atoms with Gasteiger partial charge in [0.25, 0.3) is 0 Å². The molecule has 3 unspecified atom stereocenters. The monoisotopic (exact) mass is 184 g/mol. The molecule has 2 aliphatic heterocycles. The van der Waals surface area contributed by atoms with Crippen LogP contribution in [0, 0.1) is 5.92 Å². The molecule has 3 heteroatoms. The van der Waals surface area contributed by atoms with Gasteiger partial charge in [0.05, 0.1) is 25.1 Å². The molecule has 2 heterocycles. The minimum Gasteiger partial charge on any atom is -0.392 e. The molecule has 0 amide bonds. The number of ketones is 1. The van der Waals surface area contributed by atoms with E-state index in [4.69, 9.17) is 0 Å². The standard InChI is InChI=1S/C10H17NO2/c1-6(12)10-8-4-3-7(11(8)2)5-9(10)13/h7-10,13H,3-5H2,1-2H3/p+1/t7?,8?,9-,10+/m0/s1. The number of carbonyl (C=O) groups is 1. The lowest BCUT2D eigenvalue weighted by Crippen LogP contribution is -3.16. The van der Waals surface area contributed by atoms with Crippen LogP contribution in [0.1, 0.15) is 26.2 Å². The minimum atomic E-state index is -0.376. The van der Waals surface area contributed by atoms with Crippen molar-refractivity contribution < 1.29 is 14.8 Å². The van der Waals surface area contributed by atoms with E-state index in [0.717, 1.165) is 12.8 Å². The predicted molar refractivity (Wildman–Crippen MR) is 48.5 cm³/mol. The van der Waals surface area contributed by atoms with E-state index in [0.29, 0.717) is 12.1 Å². The largest absolute Gasteiger partial charge is 0.392 e. The van der Waals surface area contributed by atoms with Gasteiger partial charge in [-0.05, 0) is 6.92 Å². The summed E-state index contributed by atoms with van der Waals surface area (Å²) in [6.07, 6.45) is 2.72. The molecule has 2 aliphatic rings. The van der Waals surface area contributed by atoms with Gasteiger partial charge in [0.1, 0.15) is 11.8 Å². The lowest BCUT2D eigenvalue weighted by molar-refractivity contribution is -0.926. The van der Waals surface area contributed by atoms with Crippen molar-refractivity contribution in [1.29, 1.82) is 0 Å². The highest BCUT2D eigenvalue weighted by Crippen LogP contribution is 2.28. The molecule has 2 saturated heterocycles. The van der Waals surface area contributed by atoms with Crippen LogP contribution in [-0.4, -0.2) is 36.1 Å². The van der Waals surface area contributed by atoms with Gasteiger partial charge in [0.2, 0.25) is 0 Å². The van der Waals surface area contributed by atoms with Gasteiger partial charge in [0, 0.05) is 19.3 Å². The maximum atomic E-state index is 11.4. The van der Waals surface area contributed by atoms with Crippen molar-refractivity contribution in [1.82, 2.24) is 0 Å². The predicted octanol–water partition coefficient (Wildman–Crippen LogP) is -0.998. The lowest BCUT2D eigenvalue weighted by atomic mass is 9.85. The SMILES string of the molecule is CC(=O)[C@@H]1C2CCC(C[C@@H]1O)[NH+]2C. The third-order valence-corrected chi connectivity index (χ3v) is 3.90. The average molecular weight is 184 g/mol. The molecule has 2 fully saturated rings. The van der Waals surface area contributed by atoms with Crippen LogP contribution in [0.15, 0.2) is 0 Å². The van der Waals surface area contributed by atoms with E-state index in [9.17, 15) is 9.90 Å². The zero-order valence-corrected chi connectivity index (χ0v) is 8.29. The number of hydrogen-bond acceptors (Lipinski definition) is 2. The smallest absolute Gasteiger partial charge is 0.141 e. The van der Waals surface area contributed by atoms with Gasteiger partial charge in [-0.3, -0.25) is 4.79 Å². The van der Waals surface area contributed by atoms with Gasteiger partial charge in [-0.15, -0.1) is 0 Å². The van der Waals surface area contributed by atoms with E-state index in [1.165, 1.54) is 11.3 Å². The first-order valence-corrected chi connectivity index (χ1v) is 5.13. The second kappa shape index (κ2) is 3.07. The summed E-state index contributed by atoms with van der Waals surface area (Å²) in [5.41, 5.74) is 0. The van der Waals surface area contributed by atoms with Crippen LogP contribution >= 0.6 is 0 Å². The topological polar surface area (TPSA) is 41.7 Å². The number of carbonyl (C=O) groups excluding carboxylic acids is 1. The third-order valence-electron chi connectivity index (χ3n) is 3.90. The van der Waals surface area contributed by atoms with Crippen LogP contribution in [0.25, 0.3) is 0 Å². The first kappa shape index (κ1) is 9.16. The van der Waals surface area contributed by atoms with Crippen LogP contribution in [-0.2, 0) is 4.79 Å². The van der Waals surface area contributed by atoms with Gasteiger partial charge in [0.15, 0.2) is 0 Å². The van der Waals surface area contributed by atoms with Gasteiger partial charge in [-0.25, -0.2) is 0 Å². The molecule has 0 aliphatic carbocycles. The molecule has 0 aromatic rings. The molecule has 2 rings (SSSR count). The molecule has 0 radical (unpaired) electrons. The summed E-state index contributed by atoms with van der Waals surface area (Å²) in [6, 6.07) is 0.974. The number of nitrogens with one attached hydrogen (secondary N) is 1. The molecular weight excluding hydrogens is 166 g/mol. The van der Waals surface area contributed by atoms with Crippen molar-refractivity contribution in [3.05, 3.63) is 0 Å². The Labute approximate surface area is 78.7 Å². The Hall–Kier alpha value is -0.410. The summed E-state index contributed by atoms with van der Waals surface area (Å²) in [5.74, 6) is 0.0657. The summed E-state index contributed by atoms with van der Waals surface area (Å²) in [6.45, 7) is 1.61. The number of aliphatic hydroxyl groups excluding tert-OH is 1. The quantitative estimate of drug-likeness (QED) is 0.549. The van der Waals surface area contributed by atoms with Crippen molar-refractivity contribution in [3.8, 4) is 0 Å². The molecular formula is C10H18NO2+. The molecule has 0 aromatic heterocycles. The number of Topliss-reactive ketones (excluding diaryl/α,β-unsaturated/α-hetero) is 1. The number of aliphatic hydroxyl groups is 1. The molecule has 2 N–H and O–H groups in total. The second-order valence-electron chi connectivity index (χ2n) is 4.56. The van der Waals surface area contributed by atoms with Gasteiger partial charge in [-0.1, -0.05) is 0 Å². The van der Waals surface area contributed by atoms with Gasteiger partial charge in [-0.2, -0.15) is 0 Å². The fourth-order valence-electron chi connectivity index (χ4n) is 3.17. The average Bonchev–Trinajstić information content (AvgIpc) is 2.34. The van der Waals surface area contributed by atoms with E-state index in [1.807, 2.05) is 0 Å². The molecule has 0 spiro atoms. The summed E-state index contributed by atoms with van der Waals surface area (Å²) in [4.78, 5) is 12.8. The Morgan fingerprint density at radius 2 is 2.15 bits per heavy atom. The number of piperidine rings is 1. The Morgan fingerprint density at radius 3 is 2.77 bits per heavy atom. The first-order chi connectivity index (χ1) is 6.11. The van der Waals surface area contributed by atoms with Crippen LogP contribution in [0.4, 0.5) is 0 Å². The summed E-state index contributed by atoms with van der Waals surface area (Å²) in [7, 11) is 2.16. The highest BCUT2D eigenvalue weighted by Gasteiger charge is 2.50. The zero-order valence-electron chi connectivity index (χ0n) is 8.29. The molecule has 13 heavy (non-hydrogen) atoms. The highest BCUT2D eigenvalue weighted by molar-refractivity contribution is 5.79. The number of hydrogen-bond donors (Lipinski definition) is 2. The molecule has 2 bridgehead atoms. The summed E-state index contributed by atoms with van der Waals surface area (Å²) in [5, 5.41) is 9.80. The van der Waals surface area contributed by atoms with Crippen LogP contribution in [0.2, 0.25) is 0 Å². The fourth-order valence-corrected chi connectivity index (χ4v) is 3.17. The highest BCUT2D eigenvalue weighted by atomic mass is 16.3. The first-order valence-electron chi connectivity index (χ1n) is 5.13. The third kappa shape index (κ3) is 1.30. The fraction of sp³-hybridized carbons (Fsp3) is 0.900. The number of fused-ring (bicyclic) bond motifs is 2. The van der Waals surface area contributed by atoms with Crippen molar-refractivity contribution in [3.63, 3.8) is 0 Å². The maximum absolute atomic E-state index is 11.4. The number of rotatable bonds is 1. The van der Waals surface area contributed by atoms with E-state index in [1.54, 1.807) is 6.92 Å². The van der Waals surface area contributed by atoms with Crippen molar-refractivity contribution in [2.75, 3.05) is 7.05 Å². The summed E-state index contributed by atoms with van der Waals surface area (Å²) >= 11 is 0. The number of quaternary nitrogens is 1. The van der Waals surface area contributed by atoms with E-state index in [2.05, 4.69) is 7.05 Å². The Balaban J connectivity index is 2.21. The van der Waals surface area contributed by atoms with E-state index in [-0.39, 0.29) is 17.8 Å². The van der Waals surface area contributed by atoms with E-state index >= 15 is 0 Å². The molecule has 3 nitrogen and oxygen atoms in total. The van der Waals surface area contributed by atoms with Gasteiger partial charge < -0.3 is 10.0 Å². The molecule has 0 aromatic carbocycles. The van der Waals surface area contributed by atoms with Crippen LogP contribution < -0.4 is 4.90 Å². The Bertz CT molecular complexity index is 229. The van der Waals surface area contributed by atoms with Crippen molar-refractivity contribution in [2.45, 2.75) is 44.4 Å². The normalized spacial score (nSPS) is 49.3. The second-order valence-corrected chi connectivity index (χ2v) is 4.56.